The summed E-state index contributed by atoms with van der Waals surface area (Å²) in [7, 11) is 0. The fourth-order valence-electron chi connectivity index (χ4n) is 1.81. The minimum absolute atomic E-state index is 0.122. The molecule has 0 saturated heterocycles. The van der Waals surface area contributed by atoms with Crippen LogP contribution >= 0.6 is 11.3 Å². The monoisotopic (exact) mass is 256 g/mol. The summed E-state index contributed by atoms with van der Waals surface area (Å²) >= 11 is 1.39. The van der Waals surface area contributed by atoms with Gasteiger partial charge in [0.15, 0.2) is 5.01 Å². The van der Waals surface area contributed by atoms with Crippen molar-refractivity contribution in [2.75, 3.05) is 0 Å². The van der Waals surface area contributed by atoms with Gasteiger partial charge in [0.25, 0.3) is 0 Å². The predicted octanol–water partition coefficient (Wildman–Crippen LogP) is 4.29. The van der Waals surface area contributed by atoms with Crippen LogP contribution in [0.15, 0.2) is 23.6 Å². The van der Waals surface area contributed by atoms with Crippen molar-refractivity contribution >= 4 is 11.3 Å². The molecule has 0 saturated carbocycles. The van der Waals surface area contributed by atoms with Gasteiger partial charge in [-0.1, -0.05) is 32.9 Å². The van der Waals surface area contributed by atoms with Gasteiger partial charge in [0.2, 0.25) is 0 Å². The van der Waals surface area contributed by atoms with Crippen LogP contribution in [0.25, 0.3) is 11.3 Å². The number of nitrogens with zero attached hydrogens (tertiary/aromatic N) is 2. The van der Waals surface area contributed by atoms with Crippen molar-refractivity contribution in [2.45, 2.75) is 33.1 Å². The smallest absolute Gasteiger partial charge is 0.194 e. The third kappa shape index (κ3) is 2.44. The van der Waals surface area contributed by atoms with E-state index in [-0.39, 0.29) is 5.41 Å². The minimum atomic E-state index is 0.122. The summed E-state index contributed by atoms with van der Waals surface area (Å²) < 4.78 is 0. The first-order chi connectivity index (χ1) is 8.41. The van der Waals surface area contributed by atoms with Gasteiger partial charge in [-0.15, -0.1) is 11.3 Å². The number of rotatable bonds is 1. The number of hydrogen-bond acceptors (Lipinski definition) is 3. The molecule has 0 fully saturated rings. The van der Waals surface area contributed by atoms with Crippen LogP contribution in [0.2, 0.25) is 0 Å². The molecule has 18 heavy (non-hydrogen) atoms. The summed E-state index contributed by atoms with van der Waals surface area (Å²) in [4.78, 5) is 4.34. The Labute approximate surface area is 112 Å². The van der Waals surface area contributed by atoms with Crippen LogP contribution in [0.3, 0.4) is 0 Å². The molecule has 0 aliphatic rings. The van der Waals surface area contributed by atoms with E-state index in [1.165, 1.54) is 22.5 Å². The van der Waals surface area contributed by atoms with Crippen LogP contribution in [0.1, 0.15) is 36.9 Å². The molecule has 0 amide bonds. The molecule has 0 aliphatic carbocycles. The molecule has 0 bridgehead atoms. The molecule has 0 spiro atoms. The number of hydrogen-bond donors (Lipinski definition) is 0. The van der Waals surface area contributed by atoms with E-state index in [0.717, 1.165) is 11.3 Å². The van der Waals surface area contributed by atoms with Crippen molar-refractivity contribution in [3.8, 4) is 17.3 Å². The maximum absolute atomic E-state index is 8.85. The first kappa shape index (κ1) is 12.8. The van der Waals surface area contributed by atoms with Crippen LogP contribution in [0.5, 0.6) is 0 Å². The lowest BCUT2D eigenvalue weighted by Crippen LogP contribution is -2.11. The van der Waals surface area contributed by atoms with Gasteiger partial charge in [0.1, 0.15) is 6.07 Å². The molecule has 0 radical (unpaired) electrons. The van der Waals surface area contributed by atoms with E-state index in [9.17, 15) is 0 Å². The van der Waals surface area contributed by atoms with Crippen molar-refractivity contribution in [2.24, 2.45) is 0 Å². The first-order valence-electron chi connectivity index (χ1n) is 5.89. The summed E-state index contributed by atoms with van der Waals surface area (Å²) in [5.74, 6) is 0. The molecule has 0 atom stereocenters. The molecule has 92 valence electrons. The standard InChI is InChI=1S/C15H16N2S/c1-10-5-6-11(15(2,3)4)7-12(10)13-9-18-14(8-16)17-13/h5-7,9H,1-4H3. The van der Waals surface area contributed by atoms with Gasteiger partial charge in [-0.3, -0.25) is 0 Å². The first-order valence-corrected chi connectivity index (χ1v) is 6.77. The summed E-state index contributed by atoms with van der Waals surface area (Å²) in [5.41, 5.74) is 4.63. The molecular weight excluding hydrogens is 240 g/mol. The largest absolute Gasteiger partial charge is 0.226 e. The zero-order valence-electron chi connectivity index (χ0n) is 11.1. The lowest BCUT2D eigenvalue weighted by molar-refractivity contribution is 0.590. The van der Waals surface area contributed by atoms with Crippen molar-refractivity contribution in [3.05, 3.63) is 39.7 Å². The highest BCUT2D eigenvalue weighted by Crippen LogP contribution is 2.30. The topological polar surface area (TPSA) is 36.7 Å². The SMILES string of the molecule is Cc1ccc(C(C)(C)C)cc1-c1csc(C#N)n1. The highest BCUT2D eigenvalue weighted by atomic mass is 32.1. The molecule has 1 aromatic heterocycles. The summed E-state index contributed by atoms with van der Waals surface area (Å²) in [6.07, 6.45) is 0. The van der Waals surface area contributed by atoms with Crippen molar-refractivity contribution in [1.82, 2.24) is 4.98 Å². The Morgan fingerprint density at radius 2 is 2.00 bits per heavy atom. The molecular formula is C15H16N2S. The van der Waals surface area contributed by atoms with E-state index in [4.69, 9.17) is 5.26 Å². The van der Waals surface area contributed by atoms with E-state index in [1.54, 1.807) is 0 Å². The van der Waals surface area contributed by atoms with E-state index in [1.807, 2.05) is 5.38 Å². The second-order valence-electron chi connectivity index (χ2n) is 5.43. The molecule has 2 nitrogen and oxygen atoms in total. The molecule has 0 N–H and O–H groups in total. The molecule has 0 unspecified atom stereocenters. The normalized spacial score (nSPS) is 11.3. The third-order valence-corrected chi connectivity index (χ3v) is 3.73. The fraction of sp³-hybridized carbons (Fsp3) is 0.333. The molecule has 0 aliphatic heterocycles. The number of nitriles is 1. The lowest BCUT2D eigenvalue weighted by Gasteiger charge is -2.20. The fourth-order valence-corrected chi connectivity index (χ4v) is 2.42. The van der Waals surface area contributed by atoms with Gasteiger partial charge >= 0.3 is 0 Å². The van der Waals surface area contributed by atoms with Crippen molar-refractivity contribution in [1.29, 1.82) is 5.26 Å². The Bertz CT molecular complexity index is 612. The van der Waals surface area contributed by atoms with Gasteiger partial charge in [-0.05, 0) is 29.5 Å². The predicted molar refractivity (Wildman–Crippen MR) is 75.7 cm³/mol. The summed E-state index contributed by atoms with van der Waals surface area (Å²) in [6, 6.07) is 8.56. The number of benzene rings is 1. The van der Waals surface area contributed by atoms with Gasteiger partial charge in [0, 0.05) is 10.9 Å². The highest BCUT2D eigenvalue weighted by molar-refractivity contribution is 7.10. The number of aromatic nitrogens is 1. The van der Waals surface area contributed by atoms with E-state index < -0.39 is 0 Å². The van der Waals surface area contributed by atoms with E-state index >= 15 is 0 Å². The molecule has 2 aromatic rings. The molecule has 1 heterocycles. The van der Waals surface area contributed by atoms with Crippen LogP contribution in [-0.4, -0.2) is 4.98 Å². The Balaban J connectivity index is 2.54. The van der Waals surface area contributed by atoms with Gasteiger partial charge in [-0.25, -0.2) is 4.98 Å². The summed E-state index contributed by atoms with van der Waals surface area (Å²) in [6.45, 7) is 8.67. The Morgan fingerprint density at radius 3 is 2.56 bits per heavy atom. The highest BCUT2D eigenvalue weighted by Gasteiger charge is 2.16. The number of thiazole rings is 1. The summed E-state index contributed by atoms with van der Waals surface area (Å²) in [5, 5.41) is 11.3. The number of aryl methyl sites for hydroxylation is 1. The van der Waals surface area contributed by atoms with Crippen LogP contribution in [-0.2, 0) is 5.41 Å². The van der Waals surface area contributed by atoms with E-state index in [0.29, 0.717) is 5.01 Å². The molecule has 3 heteroatoms. The van der Waals surface area contributed by atoms with Crippen molar-refractivity contribution in [3.63, 3.8) is 0 Å². The Morgan fingerprint density at radius 1 is 1.28 bits per heavy atom. The quantitative estimate of drug-likeness (QED) is 0.763. The van der Waals surface area contributed by atoms with Crippen LogP contribution < -0.4 is 0 Å². The van der Waals surface area contributed by atoms with E-state index in [2.05, 4.69) is 56.9 Å². The van der Waals surface area contributed by atoms with Crippen LogP contribution in [0.4, 0.5) is 0 Å². The second kappa shape index (κ2) is 4.55. The second-order valence-corrected chi connectivity index (χ2v) is 6.29. The minimum Gasteiger partial charge on any atom is -0.226 e. The zero-order valence-corrected chi connectivity index (χ0v) is 11.9. The van der Waals surface area contributed by atoms with Gasteiger partial charge in [0.05, 0.1) is 5.69 Å². The third-order valence-electron chi connectivity index (χ3n) is 2.98. The van der Waals surface area contributed by atoms with Gasteiger partial charge < -0.3 is 0 Å². The maximum atomic E-state index is 8.85. The maximum Gasteiger partial charge on any atom is 0.194 e. The Kier molecular flexibility index (Phi) is 3.23. The Hall–Kier alpha value is -1.66. The lowest BCUT2D eigenvalue weighted by atomic mass is 9.85. The van der Waals surface area contributed by atoms with Gasteiger partial charge in [-0.2, -0.15) is 5.26 Å². The molecule has 2 rings (SSSR count). The molecule has 1 aromatic carbocycles. The van der Waals surface area contributed by atoms with Crippen molar-refractivity contribution < 1.29 is 0 Å². The average molecular weight is 256 g/mol. The average Bonchev–Trinajstić information content (AvgIpc) is 2.76. The van der Waals surface area contributed by atoms with Crippen LogP contribution in [0, 0.1) is 18.3 Å². The zero-order chi connectivity index (χ0) is 13.3.